The summed E-state index contributed by atoms with van der Waals surface area (Å²) in [6, 6.07) is 4.22. The number of hydrogen-bond donors (Lipinski definition) is 2. The molecule has 1 heterocycles. The monoisotopic (exact) mass is 436 g/mol. The molecule has 0 radical (unpaired) electrons. The largest absolute Gasteiger partial charge is 0.420 e. The van der Waals surface area contributed by atoms with Crippen molar-refractivity contribution < 1.29 is 22.9 Å². The summed E-state index contributed by atoms with van der Waals surface area (Å²) in [5, 5.41) is 15.7. The second kappa shape index (κ2) is 9.07. The molecule has 0 unspecified atom stereocenters. The average Bonchev–Trinajstić information content (AvgIpc) is 2.61. The lowest BCUT2D eigenvalue weighted by molar-refractivity contribution is -0.384. The van der Waals surface area contributed by atoms with Gasteiger partial charge in [0.1, 0.15) is 5.82 Å². The Bertz CT molecular complexity index is 894. The molecule has 2 aromatic rings. The second-order valence-electron chi connectivity index (χ2n) is 5.50. The number of carbonyl (C=O) groups excluding carboxylic acids is 1. The van der Waals surface area contributed by atoms with Crippen LogP contribution >= 0.6 is 23.2 Å². The van der Waals surface area contributed by atoms with E-state index in [1.807, 2.05) is 0 Å². The Labute approximate surface area is 167 Å². The summed E-state index contributed by atoms with van der Waals surface area (Å²) in [6.07, 6.45) is -3.27. The lowest BCUT2D eigenvalue weighted by Crippen LogP contribution is -2.26. The van der Waals surface area contributed by atoms with Gasteiger partial charge in [-0.05, 0) is 18.6 Å². The number of nitrogens with one attached hydrogen (secondary N) is 2. The minimum absolute atomic E-state index is 0.0430. The van der Waals surface area contributed by atoms with Gasteiger partial charge in [-0.3, -0.25) is 14.9 Å². The van der Waals surface area contributed by atoms with Gasteiger partial charge in [-0.15, -0.1) is 0 Å². The summed E-state index contributed by atoms with van der Waals surface area (Å²) in [5.74, 6) is -1.00. The predicted molar refractivity (Wildman–Crippen MR) is 97.8 cm³/mol. The van der Waals surface area contributed by atoms with E-state index in [0.717, 1.165) is 18.3 Å². The highest BCUT2D eigenvalue weighted by molar-refractivity contribution is 6.34. The van der Waals surface area contributed by atoms with Crippen LogP contribution in [-0.2, 0) is 6.18 Å². The number of non-ortho nitro benzene ring substituents is 1. The van der Waals surface area contributed by atoms with Crippen molar-refractivity contribution in [3.63, 3.8) is 0 Å². The summed E-state index contributed by atoms with van der Waals surface area (Å²) < 4.78 is 38.9. The number of nitro groups is 1. The maximum absolute atomic E-state index is 13.0. The molecule has 12 heteroatoms. The summed E-state index contributed by atoms with van der Waals surface area (Å²) in [7, 11) is 0. The zero-order valence-electron chi connectivity index (χ0n) is 14.0. The first-order chi connectivity index (χ1) is 13.1. The number of hydrogen-bond acceptors (Lipinski definition) is 5. The Balaban J connectivity index is 1.90. The van der Waals surface area contributed by atoms with E-state index in [1.54, 1.807) is 0 Å². The van der Waals surface area contributed by atoms with Gasteiger partial charge < -0.3 is 10.6 Å². The van der Waals surface area contributed by atoms with Crippen molar-refractivity contribution in [2.75, 3.05) is 18.4 Å². The highest BCUT2D eigenvalue weighted by atomic mass is 35.5. The molecule has 0 spiro atoms. The molecule has 28 heavy (non-hydrogen) atoms. The first-order valence-corrected chi connectivity index (χ1v) is 8.54. The van der Waals surface area contributed by atoms with Crippen molar-refractivity contribution >= 4 is 40.6 Å². The fraction of sp³-hybridized carbons (Fsp3) is 0.250. The lowest BCUT2D eigenvalue weighted by Gasteiger charge is -2.14. The summed E-state index contributed by atoms with van der Waals surface area (Å²) >= 11 is 11.4. The minimum atomic E-state index is -4.62. The first-order valence-electron chi connectivity index (χ1n) is 7.78. The van der Waals surface area contributed by atoms with Crippen LogP contribution in [0.25, 0.3) is 0 Å². The van der Waals surface area contributed by atoms with E-state index < -0.39 is 22.6 Å². The molecule has 0 fully saturated rings. The molecule has 0 aliphatic rings. The van der Waals surface area contributed by atoms with Crippen LogP contribution in [0.5, 0.6) is 0 Å². The maximum atomic E-state index is 13.0. The fourth-order valence-corrected chi connectivity index (χ4v) is 2.55. The van der Waals surface area contributed by atoms with Crippen LogP contribution in [0.2, 0.25) is 10.0 Å². The highest BCUT2D eigenvalue weighted by Crippen LogP contribution is 2.35. The zero-order chi connectivity index (χ0) is 20.9. The Morgan fingerprint density at radius 3 is 2.57 bits per heavy atom. The van der Waals surface area contributed by atoms with Crippen molar-refractivity contribution in [1.29, 1.82) is 0 Å². The molecule has 7 nitrogen and oxygen atoms in total. The predicted octanol–water partition coefficient (Wildman–Crippen LogP) is 4.55. The van der Waals surface area contributed by atoms with E-state index in [0.29, 0.717) is 0 Å². The molecule has 0 bridgehead atoms. The summed E-state index contributed by atoms with van der Waals surface area (Å²) in [4.78, 5) is 25.8. The summed E-state index contributed by atoms with van der Waals surface area (Å²) in [5.41, 5.74) is -1.35. The van der Waals surface area contributed by atoms with Crippen LogP contribution in [0.1, 0.15) is 22.3 Å². The van der Waals surface area contributed by atoms with Gasteiger partial charge in [0.05, 0.1) is 26.1 Å². The minimum Gasteiger partial charge on any atom is -0.370 e. The van der Waals surface area contributed by atoms with Crippen molar-refractivity contribution in [2.45, 2.75) is 12.6 Å². The van der Waals surface area contributed by atoms with Gasteiger partial charge in [0.25, 0.3) is 11.6 Å². The number of pyridine rings is 1. The molecular weight excluding hydrogens is 424 g/mol. The van der Waals surface area contributed by atoms with Gasteiger partial charge in [-0.1, -0.05) is 23.2 Å². The third-order valence-electron chi connectivity index (χ3n) is 3.50. The first kappa shape index (κ1) is 21.7. The maximum Gasteiger partial charge on any atom is 0.420 e. The number of nitro benzene ring substituents is 1. The van der Waals surface area contributed by atoms with Crippen molar-refractivity contribution in [3.8, 4) is 0 Å². The Morgan fingerprint density at radius 2 is 1.93 bits per heavy atom. The van der Waals surface area contributed by atoms with Crippen molar-refractivity contribution in [1.82, 2.24) is 10.3 Å². The summed E-state index contributed by atoms with van der Waals surface area (Å²) in [6.45, 7) is 0.181. The standard InChI is InChI=1S/C16H13Cl2F3N4O3/c17-9-6-12(16(19,20)21)14(24-8-9)22-4-1-5-23-15(26)11-7-10(25(27)28)2-3-13(11)18/h2-3,6-8H,1,4-5H2,(H,22,24)(H,23,26). The molecule has 0 aliphatic carbocycles. The smallest absolute Gasteiger partial charge is 0.370 e. The number of aromatic nitrogens is 1. The van der Waals surface area contributed by atoms with Crippen LogP contribution in [0, 0.1) is 10.1 Å². The number of rotatable bonds is 7. The molecule has 1 aromatic carbocycles. The number of carbonyl (C=O) groups is 1. The molecule has 0 aliphatic heterocycles. The highest BCUT2D eigenvalue weighted by Gasteiger charge is 2.34. The van der Waals surface area contributed by atoms with Crippen molar-refractivity contribution in [2.24, 2.45) is 0 Å². The van der Waals surface area contributed by atoms with E-state index in [4.69, 9.17) is 23.2 Å². The molecule has 2 rings (SSSR count). The molecule has 1 amide bonds. The van der Waals surface area contributed by atoms with Gasteiger partial charge in [-0.2, -0.15) is 13.2 Å². The third kappa shape index (κ3) is 5.70. The lowest BCUT2D eigenvalue weighted by atomic mass is 10.2. The van der Waals surface area contributed by atoms with E-state index in [1.165, 1.54) is 12.1 Å². The Hall–Kier alpha value is -2.59. The van der Waals surface area contributed by atoms with Gasteiger partial charge in [0.15, 0.2) is 0 Å². The molecule has 0 atom stereocenters. The number of anilines is 1. The molecule has 150 valence electrons. The third-order valence-corrected chi connectivity index (χ3v) is 4.03. The molecular formula is C16H13Cl2F3N4O3. The Kier molecular flexibility index (Phi) is 7.03. The van der Waals surface area contributed by atoms with Gasteiger partial charge in [-0.25, -0.2) is 4.98 Å². The molecule has 1 aromatic heterocycles. The number of benzene rings is 1. The quantitative estimate of drug-likeness (QED) is 0.377. The van der Waals surface area contributed by atoms with Crippen LogP contribution in [0.15, 0.2) is 30.5 Å². The van der Waals surface area contributed by atoms with Crippen LogP contribution in [0.4, 0.5) is 24.7 Å². The fourth-order valence-electron chi connectivity index (χ4n) is 2.19. The number of alkyl halides is 3. The number of amides is 1. The van der Waals surface area contributed by atoms with E-state index in [9.17, 15) is 28.1 Å². The van der Waals surface area contributed by atoms with Gasteiger partial charge in [0.2, 0.25) is 0 Å². The van der Waals surface area contributed by atoms with Crippen LogP contribution in [0.3, 0.4) is 0 Å². The van der Waals surface area contributed by atoms with E-state index >= 15 is 0 Å². The zero-order valence-corrected chi connectivity index (χ0v) is 15.5. The molecule has 0 saturated heterocycles. The Morgan fingerprint density at radius 1 is 1.21 bits per heavy atom. The number of nitrogens with zero attached hydrogens (tertiary/aromatic N) is 2. The van der Waals surface area contributed by atoms with Crippen LogP contribution in [-0.4, -0.2) is 28.9 Å². The van der Waals surface area contributed by atoms with E-state index in [2.05, 4.69) is 15.6 Å². The van der Waals surface area contributed by atoms with Gasteiger partial charge in [0, 0.05) is 31.4 Å². The topological polar surface area (TPSA) is 97.2 Å². The number of halogens is 5. The van der Waals surface area contributed by atoms with E-state index in [-0.39, 0.29) is 46.6 Å². The molecule has 0 saturated carbocycles. The van der Waals surface area contributed by atoms with Crippen molar-refractivity contribution in [3.05, 3.63) is 61.7 Å². The van der Waals surface area contributed by atoms with Gasteiger partial charge >= 0.3 is 6.18 Å². The average molecular weight is 437 g/mol. The van der Waals surface area contributed by atoms with Crippen LogP contribution < -0.4 is 10.6 Å². The normalized spacial score (nSPS) is 11.2. The molecule has 2 N–H and O–H groups in total. The second-order valence-corrected chi connectivity index (χ2v) is 6.35. The SMILES string of the molecule is O=C(NCCCNc1ncc(Cl)cc1C(F)(F)F)c1cc([N+](=O)[O-])ccc1Cl.